The summed E-state index contributed by atoms with van der Waals surface area (Å²) in [4.78, 5) is 2.05. The fourth-order valence-electron chi connectivity index (χ4n) is 3.35. The van der Waals surface area contributed by atoms with Crippen LogP contribution in [0.5, 0.6) is 0 Å². The molecule has 4 nitrogen and oxygen atoms in total. The molecular formula is C25H20N4S2. The Morgan fingerprint density at radius 1 is 0.903 bits per heavy atom. The number of fused-ring (bicyclic) bond motifs is 1. The Hall–Kier alpha value is -3.35. The van der Waals surface area contributed by atoms with Crippen LogP contribution in [-0.4, -0.2) is 15.5 Å². The molecule has 0 atom stereocenters. The summed E-state index contributed by atoms with van der Waals surface area (Å²) in [5.41, 5.74) is 2.92. The Labute approximate surface area is 188 Å². The molecule has 0 saturated heterocycles. The molecule has 0 saturated carbocycles. The minimum absolute atomic E-state index is 0.762. The fraction of sp³-hybridized carbons (Fsp3) is 0.0800. The zero-order chi connectivity index (χ0) is 21.0. The second-order valence-corrected chi connectivity index (χ2v) is 9.20. The van der Waals surface area contributed by atoms with Crippen molar-refractivity contribution in [3.05, 3.63) is 111 Å². The maximum Gasteiger partial charge on any atom is 0.233 e. The highest BCUT2D eigenvalue weighted by Gasteiger charge is 2.09. The molecular weight excluding hydrogens is 420 g/mol. The lowest BCUT2D eigenvalue weighted by Gasteiger charge is -2.02. The summed E-state index contributed by atoms with van der Waals surface area (Å²) in [6.07, 6.45) is 0.804. The van der Waals surface area contributed by atoms with Gasteiger partial charge in [0.2, 0.25) is 4.80 Å². The van der Waals surface area contributed by atoms with Crippen LogP contribution < -0.4 is 4.80 Å². The van der Waals surface area contributed by atoms with Gasteiger partial charge in [0.1, 0.15) is 5.01 Å². The van der Waals surface area contributed by atoms with E-state index in [9.17, 15) is 0 Å². The molecule has 0 N–H and O–H groups in total. The molecule has 2 aromatic heterocycles. The topological polar surface area (TPSA) is 42.5 Å². The number of rotatable bonds is 5. The number of aromatic nitrogens is 2. The summed E-state index contributed by atoms with van der Waals surface area (Å²) in [6, 6.07) is 29.0. The molecule has 5 aromatic rings. The number of thiophene rings is 1. The van der Waals surface area contributed by atoms with E-state index in [0.29, 0.717) is 0 Å². The lowest BCUT2D eigenvalue weighted by atomic mass is 10.0. The zero-order valence-corrected chi connectivity index (χ0v) is 18.6. The van der Waals surface area contributed by atoms with Crippen molar-refractivity contribution in [3.8, 4) is 5.69 Å². The van der Waals surface area contributed by atoms with E-state index >= 15 is 0 Å². The minimum atomic E-state index is 0.762. The molecule has 31 heavy (non-hydrogen) atoms. The zero-order valence-electron chi connectivity index (χ0n) is 17.0. The highest BCUT2D eigenvalue weighted by Crippen LogP contribution is 2.17. The van der Waals surface area contributed by atoms with E-state index in [1.165, 1.54) is 15.6 Å². The molecule has 0 spiro atoms. The summed E-state index contributed by atoms with van der Waals surface area (Å²) in [5, 5.41) is 19.5. The van der Waals surface area contributed by atoms with Crippen LogP contribution in [-0.2, 0) is 6.42 Å². The Bertz CT molecular complexity index is 1410. The summed E-state index contributed by atoms with van der Waals surface area (Å²) in [7, 11) is 0. The Morgan fingerprint density at radius 2 is 1.71 bits per heavy atom. The molecule has 3 aromatic carbocycles. The summed E-state index contributed by atoms with van der Waals surface area (Å²) < 4.78 is 1.88. The quantitative estimate of drug-likeness (QED) is 0.242. The molecule has 0 aliphatic rings. The monoisotopic (exact) mass is 440 g/mol. The third kappa shape index (κ3) is 4.40. The first kappa shape index (κ1) is 19.6. The molecule has 0 radical (unpaired) electrons. The fourth-order valence-corrected chi connectivity index (χ4v) is 5.02. The molecule has 0 unspecified atom stereocenters. The van der Waals surface area contributed by atoms with E-state index in [4.69, 9.17) is 5.10 Å². The molecule has 0 fully saturated rings. The van der Waals surface area contributed by atoms with Gasteiger partial charge in [-0.25, -0.2) is 4.68 Å². The van der Waals surface area contributed by atoms with E-state index < -0.39 is 0 Å². The van der Waals surface area contributed by atoms with Crippen molar-refractivity contribution in [1.29, 1.82) is 0 Å². The van der Waals surface area contributed by atoms with Gasteiger partial charge in [0.05, 0.1) is 11.4 Å². The van der Waals surface area contributed by atoms with Gasteiger partial charge in [-0.05, 0) is 52.9 Å². The van der Waals surface area contributed by atoms with Crippen LogP contribution in [0.4, 0.5) is 0 Å². The van der Waals surface area contributed by atoms with Crippen molar-refractivity contribution in [3.63, 3.8) is 0 Å². The second kappa shape index (κ2) is 8.79. The third-order valence-corrected chi connectivity index (χ3v) is 6.74. The maximum atomic E-state index is 4.83. The first-order valence-corrected chi connectivity index (χ1v) is 11.7. The molecule has 0 aliphatic heterocycles. The highest BCUT2D eigenvalue weighted by atomic mass is 32.1. The van der Waals surface area contributed by atoms with Crippen LogP contribution in [0.25, 0.3) is 16.5 Å². The maximum absolute atomic E-state index is 4.83. The lowest BCUT2D eigenvalue weighted by molar-refractivity contribution is 0.801. The number of para-hydroxylation sites is 1. The molecule has 0 aliphatic carbocycles. The minimum Gasteiger partial charge on any atom is -0.204 e. The van der Waals surface area contributed by atoms with Crippen LogP contribution in [0.15, 0.2) is 101 Å². The van der Waals surface area contributed by atoms with Gasteiger partial charge in [-0.1, -0.05) is 72.0 Å². The van der Waals surface area contributed by atoms with E-state index in [2.05, 4.69) is 70.2 Å². The van der Waals surface area contributed by atoms with E-state index in [-0.39, 0.29) is 0 Å². The van der Waals surface area contributed by atoms with Gasteiger partial charge < -0.3 is 0 Å². The number of hydrogen-bond acceptors (Lipinski definition) is 5. The molecule has 152 valence electrons. The molecule has 0 bridgehead atoms. The standard InChI is InChI=1S/C25H20N4S2/c1-18(20-14-13-19-8-5-6-9-21(19)16-20)26-27-25-29(22-10-3-2-4-11-22)28-24(31-25)17-23-12-7-15-30-23/h2-16H,17H2,1H3/b26-18+,27-25+. The first-order chi connectivity index (χ1) is 15.3. The summed E-state index contributed by atoms with van der Waals surface area (Å²) in [6.45, 7) is 1.99. The highest BCUT2D eigenvalue weighted by molar-refractivity contribution is 7.11. The Balaban J connectivity index is 1.54. The van der Waals surface area contributed by atoms with Crippen LogP contribution >= 0.6 is 22.7 Å². The first-order valence-electron chi connectivity index (χ1n) is 10.0. The average molecular weight is 441 g/mol. The van der Waals surface area contributed by atoms with Crippen molar-refractivity contribution in [1.82, 2.24) is 9.78 Å². The van der Waals surface area contributed by atoms with Gasteiger partial charge in [-0.2, -0.15) is 10.2 Å². The van der Waals surface area contributed by atoms with Gasteiger partial charge >= 0.3 is 0 Å². The SMILES string of the molecule is C/C(=N\N=c1\sc(Cc2cccs2)nn1-c1ccccc1)c1ccc2ccccc2c1. The third-order valence-electron chi connectivity index (χ3n) is 4.96. The van der Waals surface area contributed by atoms with Crippen molar-refractivity contribution in [2.24, 2.45) is 10.2 Å². The average Bonchev–Trinajstić information content (AvgIpc) is 3.48. The predicted octanol–water partition coefficient (Wildman–Crippen LogP) is 6.06. The van der Waals surface area contributed by atoms with Crippen LogP contribution in [0.1, 0.15) is 22.4 Å². The Kier molecular flexibility index (Phi) is 5.56. The molecule has 6 heteroatoms. The Morgan fingerprint density at radius 3 is 2.52 bits per heavy atom. The predicted molar refractivity (Wildman–Crippen MR) is 130 cm³/mol. The lowest BCUT2D eigenvalue weighted by Crippen LogP contribution is -2.14. The molecule has 2 heterocycles. The summed E-state index contributed by atoms with van der Waals surface area (Å²) in [5.74, 6) is 0. The van der Waals surface area contributed by atoms with Crippen molar-refractivity contribution < 1.29 is 0 Å². The van der Waals surface area contributed by atoms with Gasteiger partial charge in [-0.3, -0.25) is 0 Å². The number of benzene rings is 3. The van der Waals surface area contributed by atoms with E-state index in [1.54, 1.807) is 22.7 Å². The van der Waals surface area contributed by atoms with Gasteiger partial charge in [0.25, 0.3) is 0 Å². The van der Waals surface area contributed by atoms with Crippen LogP contribution in [0.3, 0.4) is 0 Å². The number of hydrogen-bond donors (Lipinski definition) is 0. The normalized spacial score (nSPS) is 12.5. The molecule has 0 amide bonds. The van der Waals surface area contributed by atoms with Gasteiger partial charge in [0.15, 0.2) is 0 Å². The van der Waals surface area contributed by atoms with E-state index in [0.717, 1.165) is 33.2 Å². The number of nitrogens with zero attached hydrogens (tertiary/aromatic N) is 4. The van der Waals surface area contributed by atoms with Crippen molar-refractivity contribution >= 4 is 39.2 Å². The van der Waals surface area contributed by atoms with Gasteiger partial charge in [0, 0.05) is 11.3 Å². The smallest absolute Gasteiger partial charge is 0.204 e. The second-order valence-electron chi connectivity index (χ2n) is 7.13. The largest absolute Gasteiger partial charge is 0.233 e. The van der Waals surface area contributed by atoms with Crippen molar-refractivity contribution in [2.45, 2.75) is 13.3 Å². The summed E-state index contributed by atoms with van der Waals surface area (Å²) >= 11 is 3.32. The van der Waals surface area contributed by atoms with Crippen molar-refractivity contribution in [2.75, 3.05) is 0 Å². The molecule has 5 rings (SSSR count). The van der Waals surface area contributed by atoms with Crippen LogP contribution in [0, 0.1) is 0 Å². The van der Waals surface area contributed by atoms with E-state index in [1.807, 2.05) is 41.9 Å². The van der Waals surface area contributed by atoms with Crippen LogP contribution in [0.2, 0.25) is 0 Å². The van der Waals surface area contributed by atoms with Gasteiger partial charge in [-0.15, -0.1) is 16.4 Å².